The molecule has 0 aromatic rings. The van der Waals surface area contributed by atoms with Crippen LogP contribution < -0.4 is 11.5 Å². The lowest BCUT2D eigenvalue weighted by atomic mass is 10.0. The molecule has 2 aliphatic heterocycles. The molecule has 0 aromatic carbocycles. The van der Waals surface area contributed by atoms with Gasteiger partial charge in [-0.05, 0) is 32.1 Å². The lowest BCUT2D eigenvalue weighted by molar-refractivity contribution is -0.116. The number of carbonyl (C=O) groups is 2. The topological polar surface area (TPSA) is 98.7 Å². The zero-order valence-electron chi connectivity index (χ0n) is 11.2. The van der Waals surface area contributed by atoms with Crippen LogP contribution in [0.2, 0.25) is 0 Å². The second-order valence-corrected chi connectivity index (χ2v) is 4.76. The van der Waals surface area contributed by atoms with Gasteiger partial charge in [0.25, 0.3) is 0 Å². The molecule has 2 amide bonds. The molecule has 2 atom stereocenters. The first-order chi connectivity index (χ1) is 9.10. The van der Waals surface area contributed by atoms with Gasteiger partial charge >= 0.3 is 6.09 Å². The van der Waals surface area contributed by atoms with Crippen LogP contribution in [0.3, 0.4) is 0 Å². The Morgan fingerprint density at radius 2 is 1.79 bits per heavy atom. The van der Waals surface area contributed by atoms with Crippen LogP contribution in [0.15, 0.2) is 12.7 Å². The predicted octanol–water partition coefficient (Wildman–Crippen LogP) is 0.756. The number of hydrogen-bond acceptors (Lipinski definition) is 4. The van der Waals surface area contributed by atoms with E-state index in [9.17, 15) is 9.59 Å². The molecule has 6 heteroatoms. The third-order valence-corrected chi connectivity index (χ3v) is 3.43. The minimum Gasteiger partial charge on any atom is -0.445 e. The smallest absolute Gasteiger partial charge is 0.410 e. The van der Waals surface area contributed by atoms with E-state index in [2.05, 4.69) is 12.3 Å². The maximum Gasteiger partial charge on any atom is 0.410 e. The molecule has 0 spiro atoms. The molecule has 2 fully saturated rings. The highest BCUT2D eigenvalue weighted by molar-refractivity contribution is 5.75. The highest BCUT2D eigenvalue weighted by Gasteiger charge is 2.40. The molecule has 108 valence electrons. The summed E-state index contributed by atoms with van der Waals surface area (Å²) in [6, 6.07) is 0.900. The van der Waals surface area contributed by atoms with Crippen LogP contribution in [0.4, 0.5) is 4.79 Å². The number of ether oxygens (including phenoxy) is 1. The summed E-state index contributed by atoms with van der Waals surface area (Å²) in [4.78, 5) is 23.1. The zero-order chi connectivity index (χ0) is 14.3. The van der Waals surface area contributed by atoms with E-state index in [1.807, 2.05) is 4.90 Å². The normalized spacial score (nSPS) is 24.2. The molecule has 2 heterocycles. The molecule has 0 radical (unpaired) electrons. The second-order valence-electron chi connectivity index (χ2n) is 4.76. The molecule has 0 aromatic heterocycles. The summed E-state index contributed by atoms with van der Waals surface area (Å²) in [6.07, 6.45) is 7.36. The summed E-state index contributed by atoms with van der Waals surface area (Å²) >= 11 is 0. The Labute approximate surface area is 113 Å². The molecule has 19 heavy (non-hydrogen) atoms. The number of nitrogens with zero attached hydrogens (tertiary/aromatic N) is 1. The SMILES string of the molecule is C=CCOC(=O)N1[C@@H]2CCC[C@H]1CC2.NCC(N)=O. The number of carbonyl (C=O) groups excluding carboxylic acids is 2. The monoisotopic (exact) mass is 269 g/mol. The van der Waals surface area contributed by atoms with E-state index < -0.39 is 5.91 Å². The highest BCUT2D eigenvalue weighted by atomic mass is 16.6. The number of piperidine rings is 1. The van der Waals surface area contributed by atoms with Crippen LogP contribution in [-0.4, -0.2) is 42.1 Å². The fourth-order valence-electron chi connectivity index (χ4n) is 2.62. The maximum absolute atomic E-state index is 11.7. The molecule has 2 rings (SSSR count). The van der Waals surface area contributed by atoms with Gasteiger partial charge in [-0.1, -0.05) is 12.7 Å². The maximum atomic E-state index is 11.7. The van der Waals surface area contributed by atoms with Gasteiger partial charge in [0.2, 0.25) is 5.91 Å². The number of primary amides is 1. The van der Waals surface area contributed by atoms with Gasteiger partial charge in [-0.3, -0.25) is 4.79 Å². The fourth-order valence-corrected chi connectivity index (χ4v) is 2.62. The van der Waals surface area contributed by atoms with Gasteiger partial charge in [0.05, 0.1) is 6.54 Å². The van der Waals surface area contributed by atoms with Crippen LogP contribution >= 0.6 is 0 Å². The van der Waals surface area contributed by atoms with Crippen LogP contribution in [0, 0.1) is 0 Å². The minimum atomic E-state index is -0.468. The van der Waals surface area contributed by atoms with E-state index in [0.717, 1.165) is 25.7 Å². The lowest BCUT2D eigenvalue weighted by Crippen LogP contribution is -2.44. The van der Waals surface area contributed by atoms with Gasteiger partial charge in [-0.15, -0.1) is 0 Å². The third kappa shape index (κ3) is 4.55. The Morgan fingerprint density at radius 3 is 2.21 bits per heavy atom. The molecule has 2 bridgehead atoms. The van der Waals surface area contributed by atoms with E-state index >= 15 is 0 Å². The quantitative estimate of drug-likeness (QED) is 0.739. The Morgan fingerprint density at radius 1 is 1.26 bits per heavy atom. The van der Waals surface area contributed by atoms with Crippen molar-refractivity contribution in [1.82, 2.24) is 4.90 Å². The molecule has 4 N–H and O–H groups in total. The Kier molecular flexibility index (Phi) is 6.35. The number of fused-ring (bicyclic) bond motifs is 2. The van der Waals surface area contributed by atoms with Crippen molar-refractivity contribution in [3.8, 4) is 0 Å². The van der Waals surface area contributed by atoms with Gasteiger partial charge in [0.15, 0.2) is 0 Å². The van der Waals surface area contributed by atoms with Crippen LogP contribution in [0.5, 0.6) is 0 Å². The first-order valence-electron chi connectivity index (χ1n) is 6.64. The van der Waals surface area contributed by atoms with Crippen molar-refractivity contribution >= 4 is 12.0 Å². The first-order valence-corrected chi connectivity index (χ1v) is 6.64. The summed E-state index contributed by atoms with van der Waals surface area (Å²) < 4.78 is 5.08. The van der Waals surface area contributed by atoms with Crippen molar-refractivity contribution in [2.75, 3.05) is 13.2 Å². The number of nitrogens with two attached hydrogens (primary N) is 2. The fraction of sp³-hybridized carbons (Fsp3) is 0.692. The van der Waals surface area contributed by atoms with Crippen molar-refractivity contribution in [1.29, 1.82) is 0 Å². The number of hydrogen-bond donors (Lipinski definition) is 2. The summed E-state index contributed by atoms with van der Waals surface area (Å²) in [6.45, 7) is 3.81. The van der Waals surface area contributed by atoms with Crippen molar-refractivity contribution < 1.29 is 14.3 Å². The van der Waals surface area contributed by atoms with Gasteiger partial charge in [-0.2, -0.15) is 0 Å². The van der Waals surface area contributed by atoms with Gasteiger partial charge in [0, 0.05) is 12.1 Å². The highest BCUT2D eigenvalue weighted by Crippen LogP contribution is 2.35. The Balaban J connectivity index is 0.000000312. The van der Waals surface area contributed by atoms with Crippen molar-refractivity contribution in [2.24, 2.45) is 11.5 Å². The zero-order valence-corrected chi connectivity index (χ0v) is 11.2. The number of rotatable bonds is 3. The summed E-state index contributed by atoms with van der Waals surface area (Å²) in [5.74, 6) is -0.468. The molecule has 2 saturated heterocycles. The van der Waals surface area contributed by atoms with E-state index in [4.69, 9.17) is 10.5 Å². The summed E-state index contributed by atoms with van der Waals surface area (Å²) in [7, 11) is 0. The van der Waals surface area contributed by atoms with Crippen LogP contribution in [-0.2, 0) is 9.53 Å². The van der Waals surface area contributed by atoms with Crippen molar-refractivity contribution in [3.63, 3.8) is 0 Å². The van der Waals surface area contributed by atoms with Gasteiger partial charge < -0.3 is 21.1 Å². The standard InChI is InChI=1S/C11H17NO2.C2H6N2O/c1-2-8-14-11(13)12-9-4-3-5-10(12)7-6-9;3-1-2(4)5/h2,9-10H,1,3-8H2;1,3H2,(H2,4,5)/t9-,10+;. The van der Waals surface area contributed by atoms with Crippen molar-refractivity contribution in [3.05, 3.63) is 12.7 Å². The molecular formula is C13H23N3O3. The van der Waals surface area contributed by atoms with Crippen molar-refractivity contribution in [2.45, 2.75) is 44.2 Å². The largest absolute Gasteiger partial charge is 0.445 e. The van der Waals surface area contributed by atoms with Gasteiger partial charge in [0.1, 0.15) is 6.61 Å². The third-order valence-electron chi connectivity index (χ3n) is 3.43. The first kappa shape index (κ1) is 15.5. The predicted molar refractivity (Wildman–Crippen MR) is 72.3 cm³/mol. The minimum absolute atomic E-state index is 0.0556. The molecule has 0 saturated carbocycles. The Bertz CT molecular complexity index is 317. The second kappa shape index (κ2) is 7.78. The number of amides is 2. The molecule has 6 nitrogen and oxygen atoms in total. The molecule has 2 aliphatic rings. The molecule has 0 aliphatic carbocycles. The summed E-state index contributed by atoms with van der Waals surface area (Å²) in [5.41, 5.74) is 9.22. The molecular weight excluding hydrogens is 246 g/mol. The molecule has 0 unspecified atom stereocenters. The average molecular weight is 269 g/mol. The van der Waals surface area contributed by atoms with Crippen LogP contribution in [0.25, 0.3) is 0 Å². The van der Waals surface area contributed by atoms with Gasteiger partial charge in [-0.25, -0.2) is 4.79 Å². The summed E-state index contributed by atoms with van der Waals surface area (Å²) in [5, 5.41) is 0. The van der Waals surface area contributed by atoms with E-state index in [1.54, 1.807) is 6.08 Å². The average Bonchev–Trinajstić information content (AvgIpc) is 2.66. The Hall–Kier alpha value is -1.56. The van der Waals surface area contributed by atoms with Crippen LogP contribution in [0.1, 0.15) is 32.1 Å². The van der Waals surface area contributed by atoms with E-state index in [1.165, 1.54) is 6.42 Å². The van der Waals surface area contributed by atoms with E-state index in [0.29, 0.717) is 18.7 Å². The van der Waals surface area contributed by atoms with E-state index in [-0.39, 0.29) is 12.6 Å². The lowest BCUT2D eigenvalue weighted by Gasteiger charge is -2.33.